The van der Waals surface area contributed by atoms with Crippen LogP contribution in [-0.2, 0) is 16.6 Å². The van der Waals surface area contributed by atoms with E-state index in [4.69, 9.17) is 9.84 Å². The van der Waals surface area contributed by atoms with Gasteiger partial charge in [-0.2, -0.15) is 5.10 Å². The van der Waals surface area contributed by atoms with Crippen molar-refractivity contribution in [2.24, 2.45) is 0 Å². The highest BCUT2D eigenvalue weighted by molar-refractivity contribution is 5.96. The number of aromatic nitrogens is 2. The third-order valence-corrected chi connectivity index (χ3v) is 5.65. The molecule has 186 valence electrons. The maximum absolute atomic E-state index is 13.0. The number of nitrogens with one attached hydrogen (secondary N) is 2. The third kappa shape index (κ3) is 6.62. The minimum absolute atomic E-state index is 0.0888. The molecule has 1 aromatic heterocycles. The fourth-order valence-corrected chi connectivity index (χ4v) is 3.51. The monoisotopic (exact) mass is 477 g/mol. The molecular formula is C27H35N5O3. The number of methoxy groups -OCH3 is 1. The molecule has 0 bridgehead atoms. The number of amides is 3. The molecule has 2 N–H and O–H groups in total. The van der Waals surface area contributed by atoms with Gasteiger partial charge in [0, 0.05) is 23.7 Å². The van der Waals surface area contributed by atoms with Gasteiger partial charge in [-0.15, -0.1) is 0 Å². The summed E-state index contributed by atoms with van der Waals surface area (Å²) in [5.74, 6) is 0.966. The molecule has 0 aliphatic carbocycles. The van der Waals surface area contributed by atoms with Gasteiger partial charge in [0.15, 0.2) is 0 Å². The summed E-state index contributed by atoms with van der Waals surface area (Å²) in [6, 6.07) is 16.7. The standard InChI is InChI=1S/C27H35N5O3/c1-7-19-10-9-11-20(16-19)28-26(34)31(8-2)18-25(33)29-24-17-23(27(3,4)5)30-32(24)21-12-14-22(35-6)15-13-21/h9-17H,7-8,18H2,1-6H3,(H,28,34)(H,29,33). The number of benzene rings is 2. The molecule has 2 aromatic carbocycles. The fourth-order valence-electron chi connectivity index (χ4n) is 3.51. The van der Waals surface area contributed by atoms with Crippen LogP contribution in [0.4, 0.5) is 16.3 Å². The van der Waals surface area contributed by atoms with Gasteiger partial charge in [-0.3, -0.25) is 4.79 Å². The number of likely N-dealkylation sites (N-methyl/N-ethyl adjacent to an activating group) is 1. The highest BCUT2D eigenvalue weighted by atomic mass is 16.5. The van der Waals surface area contributed by atoms with E-state index < -0.39 is 0 Å². The van der Waals surface area contributed by atoms with Crippen molar-refractivity contribution in [2.75, 3.05) is 30.8 Å². The second kappa shape index (κ2) is 11.1. The van der Waals surface area contributed by atoms with Crippen LogP contribution in [0.1, 0.15) is 45.9 Å². The van der Waals surface area contributed by atoms with E-state index in [-0.39, 0.29) is 23.9 Å². The van der Waals surface area contributed by atoms with E-state index in [1.165, 1.54) is 4.90 Å². The fraction of sp³-hybridized carbons (Fsp3) is 0.370. The molecule has 0 unspecified atom stereocenters. The largest absolute Gasteiger partial charge is 0.497 e. The van der Waals surface area contributed by atoms with Crippen molar-refractivity contribution in [3.05, 3.63) is 65.9 Å². The van der Waals surface area contributed by atoms with Crippen LogP contribution in [-0.4, -0.2) is 46.8 Å². The zero-order chi connectivity index (χ0) is 25.6. The molecule has 0 aliphatic rings. The zero-order valence-corrected chi connectivity index (χ0v) is 21.4. The van der Waals surface area contributed by atoms with E-state index in [0.717, 1.165) is 29.1 Å². The summed E-state index contributed by atoms with van der Waals surface area (Å²) in [7, 11) is 1.61. The van der Waals surface area contributed by atoms with Crippen LogP contribution in [0.15, 0.2) is 54.6 Å². The molecule has 0 fully saturated rings. The number of aryl methyl sites for hydroxylation is 1. The summed E-state index contributed by atoms with van der Waals surface area (Å²) in [5.41, 5.74) is 3.26. The van der Waals surface area contributed by atoms with Crippen molar-refractivity contribution in [1.29, 1.82) is 0 Å². The number of carbonyl (C=O) groups excluding carboxylic acids is 2. The van der Waals surface area contributed by atoms with E-state index in [9.17, 15) is 9.59 Å². The number of nitrogens with zero attached hydrogens (tertiary/aromatic N) is 3. The number of urea groups is 1. The van der Waals surface area contributed by atoms with E-state index in [0.29, 0.717) is 18.1 Å². The average Bonchev–Trinajstić information content (AvgIpc) is 3.26. The van der Waals surface area contributed by atoms with Gasteiger partial charge in [0.1, 0.15) is 18.1 Å². The van der Waals surface area contributed by atoms with E-state index >= 15 is 0 Å². The van der Waals surface area contributed by atoms with Crippen LogP contribution >= 0.6 is 0 Å². The van der Waals surface area contributed by atoms with E-state index in [1.807, 2.05) is 61.5 Å². The number of carbonyl (C=O) groups is 2. The van der Waals surface area contributed by atoms with Gasteiger partial charge in [-0.25, -0.2) is 9.48 Å². The second-order valence-corrected chi connectivity index (χ2v) is 9.32. The van der Waals surface area contributed by atoms with Crippen LogP contribution in [0.5, 0.6) is 5.75 Å². The normalized spacial score (nSPS) is 11.1. The SMILES string of the molecule is CCc1cccc(NC(=O)N(CC)CC(=O)Nc2cc(C(C)(C)C)nn2-c2ccc(OC)cc2)c1. The predicted molar refractivity (Wildman–Crippen MR) is 140 cm³/mol. The average molecular weight is 478 g/mol. The maximum atomic E-state index is 13.0. The molecule has 3 rings (SSSR count). The van der Waals surface area contributed by atoms with Crippen molar-refractivity contribution in [2.45, 2.75) is 46.5 Å². The Bertz CT molecular complexity index is 1160. The van der Waals surface area contributed by atoms with Crippen molar-refractivity contribution < 1.29 is 14.3 Å². The highest BCUT2D eigenvalue weighted by Gasteiger charge is 2.23. The number of rotatable bonds is 8. The number of hydrogen-bond donors (Lipinski definition) is 2. The van der Waals surface area contributed by atoms with Crippen LogP contribution in [0, 0.1) is 0 Å². The van der Waals surface area contributed by atoms with Gasteiger partial charge in [0.05, 0.1) is 18.5 Å². The smallest absolute Gasteiger partial charge is 0.322 e. The molecule has 3 aromatic rings. The summed E-state index contributed by atoms with van der Waals surface area (Å²) in [4.78, 5) is 27.3. The summed E-state index contributed by atoms with van der Waals surface area (Å²) in [6.45, 7) is 10.4. The Morgan fingerprint density at radius 3 is 2.34 bits per heavy atom. The Kier molecular flexibility index (Phi) is 8.17. The quantitative estimate of drug-likeness (QED) is 0.465. The molecule has 35 heavy (non-hydrogen) atoms. The molecule has 0 spiro atoms. The van der Waals surface area contributed by atoms with Gasteiger partial charge in [0.2, 0.25) is 5.91 Å². The molecule has 3 amide bonds. The highest BCUT2D eigenvalue weighted by Crippen LogP contribution is 2.27. The first-order valence-electron chi connectivity index (χ1n) is 11.8. The lowest BCUT2D eigenvalue weighted by Crippen LogP contribution is -2.40. The number of anilines is 2. The van der Waals surface area contributed by atoms with Crippen molar-refractivity contribution in [1.82, 2.24) is 14.7 Å². The van der Waals surface area contributed by atoms with Gasteiger partial charge in [-0.05, 0) is 55.3 Å². The molecule has 0 saturated heterocycles. The summed E-state index contributed by atoms with van der Waals surface area (Å²) in [5, 5.41) is 10.6. The Balaban J connectivity index is 1.77. The van der Waals surface area contributed by atoms with Crippen molar-refractivity contribution in [3.63, 3.8) is 0 Å². The summed E-state index contributed by atoms with van der Waals surface area (Å²) >= 11 is 0. The van der Waals surface area contributed by atoms with Crippen molar-refractivity contribution in [3.8, 4) is 11.4 Å². The molecule has 8 nitrogen and oxygen atoms in total. The van der Waals surface area contributed by atoms with E-state index in [2.05, 4.69) is 38.3 Å². The molecule has 0 saturated carbocycles. The molecular weight excluding hydrogens is 442 g/mol. The maximum Gasteiger partial charge on any atom is 0.322 e. The molecule has 8 heteroatoms. The molecule has 1 heterocycles. The molecule has 0 radical (unpaired) electrons. The topological polar surface area (TPSA) is 88.5 Å². The lowest BCUT2D eigenvalue weighted by atomic mass is 9.92. The molecule has 0 atom stereocenters. The van der Waals surface area contributed by atoms with Gasteiger partial charge in [0.25, 0.3) is 0 Å². The number of ether oxygens (including phenoxy) is 1. The summed E-state index contributed by atoms with van der Waals surface area (Å²) < 4.78 is 6.95. The summed E-state index contributed by atoms with van der Waals surface area (Å²) in [6.07, 6.45) is 0.877. The Labute approximate surface area is 207 Å². The van der Waals surface area contributed by atoms with Gasteiger partial charge < -0.3 is 20.3 Å². The predicted octanol–water partition coefficient (Wildman–Crippen LogP) is 5.23. The Hall–Kier alpha value is -3.81. The van der Waals surface area contributed by atoms with E-state index in [1.54, 1.807) is 11.8 Å². The van der Waals surface area contributed by atoms with Gasteiger partial charge in [-0.1, -0.05) is 39.8 Å². The van der Waals surface area contributed by atoms with Crippen LogP contribution in [0.3, 0.4) is 0 Å². The second-order valence-electron chi connectivity index (χ2n) is 9.32. The lowest BCUT2D eigenvalue weighted by Gasteiger charge is -2.21. The third-order valence-electron chi connectivity index (χ3n) is 5.65. The Morgan fingerprint density at radius 2 is 1.74 bits per heavy atom. The van der Waals surface area contributed by atoms with Crippen LogP contribution < -0.4 is 15.4 Å². The van der Waals surface area contributed by atoms with Gasteiger partial charge >= 0.3 is 6.03 Å². The van der Waals surface area contributed by atoms with Crippen LogP contribution in [0.2, 0.25) is 0 Å². The first kappa shape index (κ1) is 25.8. The Morgan fingerprint density at radius 1 is 1.03 bits per heavy atom. The lowest BCUT2D eigenvalue weighted by molar-refractivity contribution is -0.116. The number of hydrogen-bond acceptors (Lipinski definition) is 4. The minimum atomic E-state index is -0.324. The minimum Gasteiger partial charge on any atom is -0.497 e. The van der Waals surface area contributed by atoms with Crippen LogP contribution in [0.25, 0.3) is 5.69 Å². The van der Waals surface area contributed by atoms with Crippen molar-refractivity contribution >= 4 is 23.4 Å². The molecule has 0 aliphatic heterocycles. The zero-order valence-electron chi connectivity index (χ0n) is 21.4. The first-order valence-corrected chi connectivity index (χ1v) is 11.8. The first-order chi connectivity index (χ1) is 16.6.